The van der Waals surface area contributed by atoms with Crippen LogP contribution >= 0.6 is 0 Å². The average Bonchev–Trinajstić information content (AvgIpc) is 3.03. The first-order valence-corrected chi connectivity index (χ1v) is 6.44. The molecule has 4 rings (SSSR count). The van der Waals surface area contributed by atoms with Crippen LogP contribution in [0.2, 0.25) is 0 Å². The number of aromatic nitrogens is 3. The molecule has 0 saturated carbocycles. The molecule has 1 aromatic carbocycles. The first-order valence-electron chi connectivity index (χ1n) is 6.44. The van der Waals surface area contributed by atoms with Gasteiger partial charge < -0.3 is 4.98 Å². The Morgan fingerprint density at radius 2 is 2.21 bits per heavy atom. The van der Waals surface area contributed by atoms with Crippen LogP contribution in [0.1, 0.15) is 16.8 Å². The summed E-state index contributed by atoms with van der Waals surface area (Å²) >= 11 is 0. The van der Waals surface area contributed by atoms with Crippen molar-refractivity contribution in [1.82, 2.24) is 19.9 Å². The zero-order chi connectivity index (χ0) is 12.7. The molecule has 1 aliphatic heterocycles. The molecule has 0 amide bonds. The van der Waals surface area contributed by atoms with Crippen molar-refractivity contribution < 1.29 is 0 Å². The summed E-state index contributed by atoms with van der Waals surface area (Å²) in [6.07, 6.45) is 5.54. The second-order valence-electron chi connectivity index (χ2n) is 5.04. The van der Waals surface area contributed by atoms with E-state index < -0.39 is 0 Å². The Balaban J connectivity index is 1.56. The van der Waals surface area contributed by atoms with Gasteiger partial charge in [0.2, 0.25) is 0 Å². The summed E-state index contributed by atoms with van der Waals surface area (Å²) in [6, 6.07) is 8.70. The topological polar surface area (TPSA) is 44.8 Å². The summed E-state index contributed by atoms with van der Waals surface area (Å²) in [6.45, 7) is 2.82. The molecule has 94 valence electrons. The third-order valence-electron chi connectivity index (χ3n) is 3.67. The lowest BCUT2D eigenvalue weighted by atomic mass is 10.1. The smallest absolute Gasteiger partial charge is 0.115 e. The molecule has 1 N–H and O–H groups in total. The molecule has 3 aromatic rings. The van der Waals surface area contributed by atoms with Gasteiger partial charge in [0, 0.05) is 43.1 Å². The number of nitrogens with zero attached hydrogens (tertiary/aromatic N) is 3. The van der Waals surface area contributed by atoms with Crippen LogP contribution in [0.15, 0.2) is 43.0 Å². The van der Waals surface area contributed by atoms with E-state index in [2.05, 4.69) is 44.1 Å². The lowest BCUT2D eigenvalue weighted by Gasteiger charge is -2.14. The molecular weight excluding hydrogens is 236 g/mol. The van der Waals surface area contributed by atoms with Gasteiger partial charge in [-0.3, -0.25) is 4.90 Å². The van der Waals surface area contributed by atoms with Crippen LogP contribution in [-0.4, -0.2) is 19.9 Å². The highest BCUT2D eigenvalue weighted by atomic mass is 15.2. The molecule has 0 aliphatic carbocycles. The molecule has 0 unspecified atom stereocenters. The van der Waals surface area contributed by atoms with Gasteiger partial charge in [0.1, 0.15) is 6.33 Å². The average molecular weight is 250 g/mol. The summed E-state index contributed by atoms with van der Waals surface area (Å²) in [7, 11) is 0. The van der Waals surface area contributed by atoms with Gasteiger partial charge in [-0.05, 0) is 29.1 Å². The van der Waals surface area contributed by atoms with Gasteiger partial charge in [-0.15, -0.1) is 0 Å². The Morgan fingerprint density at radius 3 is 3.16 bits per heavy atom. The van der Waals surface area contributed by atoms with Gasteiger partial charge in [0.05, 0.1) is 5.69 Å². The van der Waals surface area contributed by atoms with E-state index in [9.17, 15) is 0 Å². The van der Waals surface area contributed by atoms with Crippen molar-refractivity contribution >= 4 is 10.9 Å². The standard InChI is InChI=1S/C15H14N4/c1-2-14-12(3-4-17-14)5-11(1)7-19-8-13-6-16-10-18-15(13)9-19/h1-6,10,17H,7-9H2. The number of nitrogens with one attached hydrogen (secondary N) is 1. The van der Waals surface area contributed by atoms with E-state index in [0.717, 1.165) is 25.3 Å². The zero-order valence-electron chi connectivity index (χ0n) is 10.5. The highest BCUT2D eigenvalue weighted by Gasteiger charge is 2.19. The van der Waals surface area contributed by atoms with E-state index in [0.29, 0.717) is 0 Å². The quantitative estimate of drug-likeness (QED) is 0.760. The van der Waals surface area contributed by atoms with Gasteiger partial charge in [-0.25, -0.2) is 9.97 Å². The number of rotatable bonds is 2. The normalized spacial score (nSPS) is 14.9. The SMILES string of the molecule is c1ncc2c(n1)CN(Cc1ccc3[nH]ccc3c1)C2. The first kappa shape index (κ1) is 10.7. The van der Waals surface area contributed by atoms with E-state index in [1.165, 1.54) is 22.0 Å². The van der Waals surface area contributed by atoms with Gasteiger partial charge in [-0.2, -0.15) is 0 Å². The van der Waals surface area contributed by atoms with E-state index in [-0.39, 0.29) is 0 Å². The van der Waals surface area contributed by atoms with E-state index in [1.807, 2.05) is 12.4 Å². The Kier molecular flexibility index (Phi) is 2.35. The Labute approximate surface area is 111 Å². The summed E-state index contributed by atoms with van der Waals surface area (Å²) in [5, 5.41) is 1.27. The predicted molar refractivity (Wildman–Crippen MR) is 73.3 cm³/mol. The first-order chi connectivity index (χ1) is 9.38. The second-order valence-corrected chi connectivity index (χ2v) is 5.04. The summed E-state index contributed by atoms with van der Waals surface area (Å²) in [4.78, 5) is 14.0. The van der Waals surface area contributed by atoms with Crippen molar-refractivity contribution in [1.29, 1.82) is 0 Å². The fourth-order valence-electron chi connectivity index (χ4n) is 2.74. The maximum Gasteiger partial charge on any atom is 0.115 e. The van der Waals surface area contributed by atoms with Crippen LogP contribution in [0.4, 0.5) is 0 Å². The monoisotopic (exact) mass is 250 g/mol. The highest BCUT2D eigenvalue weighted by Crippen LogP contribution is 2.22. The molecule has 2 aromatic heterocycles. The van der Waals surface area contributed by atoms with Crippen molar-refractivity contribution in [2.75, 3.05) is 0 Å². The Hall–Kier alpha value is -2.20. The second kappa shape index (κ2) is 4.17. The molecule has 1 aliphatic rings. The predicted octanol–water partition coefficient (Wildman–Crippen LogP) is 2.47. The molecule has 0 bridgehead atoms. The molecule has 4 heteroatoms. The van der Waals surface area contributed by atoms with Crippen LogP contribution in [0.5, 0.6) is 0 Å². The van der Waals surface area contributed by atoms with Crippen LogP contribution in [0.25, 0.3) is 10.9 Å². The molecule has 3 heterocycles. The molecule has 0 atom stereocenters. The lowest BCUT2D eigenvalue weighted by molar-refractivity contribution is 0.274. The summed E-state index contributed by atoms with van der Waals surface area (Å²) in [5.41, 5.74) is 4.95. The molecule has 19 heavy (non-hydrogen) atoms. The third-order valence-corrected chi connectivity index (χ3v) is 3.67. The third kappa shape index (κ3) is 1.90. The number of aromatic amines is 1. The maximum atomic E-state index is 4.34. The van der Waals surface area contributed by atoms with Crippen LogP contribution in [0, 0.1) is 0 Å². The fourth-order valence-corrected chi connectivity index (χ4v) is 2.74. The molecule has 0 spiro atoms. The molecule has 0 saturated heterocycles. The van der Waals surface area contributed by atoms with E-state index in [4.69, 9.17) is 0 Å². The number of fused-ring (bicyclic) bond motifs is 2. The van der Waals surface area contributed by atoms with Crippen molar-refractivity contribution in [3.8, 4) is 0 Å². The number of hydrogen-bond acceptors (Lipinski definition) is 3. The lowest BCUT2D eigenvalue weighted by Crippen LogP contribution is -2.15. The Bertz CT molecular complexity index is 707. The minimum absolute atomic E-state index is 0.920. The van der Waals surface area contributed by atoms with Crippen molar-refractivity contribution in [2.24, 2.45) is 0 Å². The minimum atomic E-state index is 0.920. The van der Waals surface area contributed by atoms with Gasteiger partial charge >= 0.3 is 0 Å². The molecular formula is C15H14N4. The van der Waals surface area contributed by atoms with Crippen molar-refractivity contribution in [2.45, 2.75) is 19.6 Å². The summed E-state index contributed by atoms with van der Waals surface area (Å²) in [5.74, 6) is 0. The van der Waals surface area contributed by atoms with Gasteiger partial charge in [0.15, 0.2) is 0 Å². The number of H-pyrrole nitrogens is 1. The zero-order valence-corrected chi connectivity index (χ0v) is 10.5. The van der Waals surface area contributed by atoms with E-state index in [1.54, 1.807) is 6.33 Å². The largest absolute Gasteiger partial charge is 0.361 e. The molecule has 0 radical (unpaired) electrons. The Morgan fingerprint density at radius 1 is 1.21 bits per heavy atom. The number of benzene rings is 1. The van der Waals surface area contributed by atoms with Crippen LogP contribution in [0.3, 0.4) is 0 Å². The molecule has 4 nitrogen and oxygen atoms in total. The van der Waals surface area contributed by atoms with Crippen LogP contribution < -0.4 is 0 Å². The van der Waals surface area contributed by atoms with E-state index >= 15 is 0 Å². The minimum Gasteiger partial charge on any atom is -0.361 e. The summed E-state index contributed by atoms with van der Waals surface area (Å²) < 4.78 is 0. The molecule has 0 fully saturated rings. The van der Waals surface area contributed by atoms with Gasteiger partial charge in [0.25, 0.3) is 0 Å². The van der Waals surface area contributed by atoms with Crippen molar-refractivity contribution in [3.63, 3.8) is 0 Å². The van der Waals surface area contributed by atoms with Crippen molar-refractivity contribution in [3.05, 3.63) is 59.8 Å². The highest BCUT2D eigenvalue weighted by molar-refractivity contribution is 5.79. The maximum absolute atomic E-state index is 4.34. The fraction of sp³-hybridized carbons (Fsp3) is 0.200. The van der Waals surface area contributed by atoms with Gasteiger partial charge in [-0.1, -0.05) is 6.07 Å². The van der Waals surface area contributed by atoms with Crippen LogP contribution in [-0.2, 0) is 19.6 Å². The number of hydrogen-bond donors (Lipinski definition) is 1.